The lowest BCUT2D eigenvalue weighted by Gasteiger charge is -2.38. The summed E-state index contributed by atoms with van der Waals surface area (Å²) in [5, 5.41) is 10.2. The van der Waals surface area contributed by atoms with Crippen molar-refractivity contribution in [3.63, 3.8) is 0 Å². The summed E-state index contributed by atoms with van der Waals surface area (Å²) in [6.45, 7) is 10.3. The number of anilines is 1. The molecule has 1 aromatic carbocycles. The zero-order valence-electron chi connectivity index (χ0n) is 29.0. The normalized spacial score (nSPS) is 29.7. The smallest absolute Gasteiger partial charge is 0.410 e. The number of esters is 1. The van der Waals surface area contributed by atoms with Crippen LogP contribution < -0.4 is 4.90 Å². The molecule has 0 saturated carbocycles. The van der Waals surface area contributed by atoms with Crippen LogP contribution in [-0.4, -0.2) is 136 Å². The molecule has 0 bridgehead atoms. The quantitative estimate of drug-likeness (QED) is 0.348. The SMILES string of the molecule is C/C(=C\c1cc(F)cc(N2CCN(S(=O)(=O)C3COC3)CC2)c1)[C@H]1OC(=O)C[C@H](O)CC[C@H](C)[C@@H](OC(=O)N2CCN(C)CC2)/C=C\[C@@H]1C. The standard InChI is InChI=1S/C35H51FN4O8S/c1-24-5-7-30(41)21-33(42)48-34(25(2)6-8-32(24)47-35(43)39-11-9-37(4)10-12-39)26(3)17-27-18-28(36)20-29(19-27)38-13-15-40(16-14-38)49(44,45)31-22-46-23-31/h6,8,17-20,24-25,30-32,34,41H,5,7,9-16,21-23H2,1-4H3/b8-6-,26-17+/t24-,25-,30+,32-,34-/m0/s1. The van der Waals surface area contributed by atoms with Gasteiger partial charge in [0.2, 0.25) is 10.0 Å². The topological polar surface area (TPSA) is 129 Å². The van der Waals surface area contributed by atoms with Crippen LogP contribution in [0.4, 0.5) is 14.9 Å². The Hall–Kier alpha value is -3.04. The number of carbonyl (C=O) groups is 2. The summed E-state index contributed by atoms with van der Waals surface area (Å²) in [7, 11) is -1.40. The monoisotopic (exact) mass is 706 g/mol. The maximum absolute atomic E-state index is 15.0. The van der Waals surface area contributed by atoms with Crippen molar-refractivity contribution in [2.45, 2.75) is 63.6 Å². The number of hydrogen-bond acceptors (Lipinski definition) is 10. The van der Waals surface area contributed by atoms with Gasteiger partial charge in [0.15, 0.2) is 0 Å². The molecule has 5 atom stereocenters. The average Bonchev–Trinajstić information content (AvgIpc) is 3.02. The van der Waals surface area contributed by atoms with Gasteiger partial charge < -0.3 is 34.0 Å². The van der Waals surface area contributed by atoms with E-state index in [1.54, 1.807) is 11.0 Å². The first-order valence-corrected chi connectivity index (χ1v) is 18.8. The first-order valence-electron chi connectivity index (χ1n) is 17.3. The summed E-state index contributed by atoms with van der Waals surface area (Å²) in [5.74, 6) is -1.40. The Kier molecular flexibility index (Phi) is 12.4. The lowest BCUT2D eigenvalue weighted by atomic mass is 9.91. The Balaban J connectivity index is 1.32. The molecule has 1 amide bonds. The van der Waals surface area contributed by atoms with Gasteiger partial charge >= 0.3 is 12.1 Å². The minimum atomic E-state index is -3.42. The van der Waals surface area contributed by atoms with Gasteiger partial charge in [0.25, 0.3) is 0 Å². The number of rotatable bonds is 6. The minimum absolute atomic E-state index is 0.0973. The van der Waals surface area contributed by atoms with Gasteiger partial charge in [-0.25, -0.2) is 17.6 Å². The second-order valence-corrected chi connectivity index (χ2v) is 16.1. The zero-order valence-corrected chi connectivity index (χ0v) is 29.8. The van der Waals surface area contributed by atoms with Crippen LogP contribution in [0.3, 0.4) is 0 Å². The molecule has 3 fully saturated rings. The Labute approximate surface area is 289 Å². The van der Waals surface area contributed by atoms with E-state index in [2.05, 4.69) is 4.90 Å². The third kappa shape index (κ3) is 9.60. The van der Waals surface area contributed by atoms with Gasteiger partial charge in [-0.1, -0.05) is 26.0 Å². The number of aliphatic hydroxyl groups is 1. The zero-order chi connectivity index (χ0) is 35.3. The van der Waals surface area contributed by atoms with E-state index >= 15 is 0 Å². The van der Waals surface area contributed by atoms with Crippen molar-refractivity contribution in [3.05, 3.63) is 47.3 Å². The number of cyclic esters (lactones) is 1. The van der Waals surface area contributed by atoms with Gasteiger partial charge in [-0.15, -0.1) is 0 Å². The fraction of sp³-hybridized carbons (Fsp3) is 0.657. The highest BCUT2D eigenvalue weighted by molar-refractivity contribution is 7.89. The molecule has 3 saturated heterocycles. The van der Waals surface area contributed by atoms with Crippen LogP contribution >= 0.6 is 0 Å². The van der Waals surface area contributed by atoms with Crippen molar-refractivity contribution in [3.8, 4) is 0 Å². The van der Waals surface area contributed by atoms with Crippen LogP contribution in [0.1, 0.15) is 45.6 Å². The molecular formula is C35H51FN4O8S. The second kappa shape index (κ2) is 16.3. The molecule has 0 spiro atoms. The number of hydrogen-bond donors (Lipinski definition) is 1. The molecule has 0 unspecified atom stereocenters. The van der Waals surface area contributed by atoms with Crippen LogP contribution in [0.5, 0.6) is 0 Å². The third-order valence-electron chi connectivity index (χ3n) is 10.00. The number of ether oxygens (including phenoxy) is 3. The summed E-state index contributed by atoms with van der Waals surface area (Å²) in [6.07, 6.45) is 3.72. The number of nitrogens with zero attached hydrogens (tertiary/aromatic N) is 4. The molecule has 12 nitrogen and oxygen atoms in total. The summed E-state index contributed by atoms with van der Waals surface area (Å²) >= 11 is 0. The lowest BCUT2D eigenvalue weighted by molar-refractivity contribution is -0.151. The highest BCUT2D eigenvalue weighted by atomic mass is 32.2. The van der Waals surface area contributed by atoms with Crippen LogP contribution in [0, 0.1) is 17.7 Å². The number of piperazine rings is 2. The number of likely N-dealkylation sites (N-methyl/N-ethyl adjacent to an activating group) is 1. The van der Waals surface area contributed by atoms with Crippen LogP contribution in [0.25, 0.3) is 6.08 Å². The molecule has 14 heteroatoms. The largest absolute Gasteiger partial charge is 0.457 e. The highest BCUT2D eigenvalue weighted by Gasteiger charge is 2.38. The summed E-state index contributed by atoms with van der Waals surface area (Å²) in [6, 6.07) is 4.68. The molecule has 0 radical (unpaired) electrons. The number of sulfonamides is 1. The minimum Gasteiger partial charge on any atom is -0.457 e. The van der Waals surface area contributed by atoms with E-state index in [4.69, 9.17) is 14.2 Å². The predicted octanol–water partition coefficient (Wildman–Crippen LogP) is 3.12. The average molecular weight is 707 g/mol. The van der Waals surface area contributed by atoms with E-state index < -0.39 is 45.4 Å². The van der Waals surface area contributed by atoms with Gasteiger partial charge in [0.1, 0.15) is 23.3 Å². The maximum Gasteiger partial charge on any atom is 0.410 e. The van der Waals surface area contributed by atoms with Gasteiger partial charge in [-0.05, 0) is 68.1 Å². The van der Waals surface area contributed by atoms with Crippen molar-refractivity contribution < 1.29 is 41.7 Å². The van der Waals surface area contributed by atoms with Gasteiger partial charge in [0.05, 0.1) is 25.7 Å². The van der Waals surface area contributed by atoms with E-state index in [0.717, 1.165) is 13.1 Å². The molecule has 4 heterocycles. The van der Waals surface area contributed by atoms with Gasteiger partial charge in [-0.3, -0.25) is 4.79 Å². The number of halogens is 1. The Bertz CT molecular complexity index is 1490. The Morgan fingerprint density at radius 1 is 1.00 bits per heavy atom. The van der Waals surface area contributed by atoms with E-state index in [-0.39, 0.29) is 37.6 Å². The Morgan fingerprint density at radius 3 is 2.35 bits per heavy atom. The molecule has 0 aliphatic carbocycles. The highest BCUT2D eigenvalue weighted by Crippen LogP contribution is 2.28. The molecule has 49 heavy (non-hydrogen) atoms. The third-order valence-corrected chi connectivity index (χ3v) is 12.2. The second-order valence-electron chi connectivity index (χ2n) is 13.9. The first kappa shape index (κ1) is 37.2. The number of aliphatic hydroxyl groups excluding tert-OH is 1. The molecule has 4 aliphatic rings. The van der Waals surface area contributed by atoms with Gasteiger partial charge in [-0.2, -0.15) is 4.31 Å². The maximum atomic E-state index is 15.0. The number of benzene rings is 1. The van der Waals surface area contributed by atoms with Gasteiger partial charge in [0, 0.05) is 64.0 Å². The molecule has 0 aromatic heterocycles. The van der Waals surface area contributed by atoms with Crippen molar-refractivity contribution in [2.24, 2.45) is 11.8 Å². The molecule has 1 aromatic rings. The number of amides is 1. The van der Waals surface area contributed by atoms with E-state index in [9.17, 15) is 27.5 Å². The predicted molar refractivity (Wildman–Crippen MR) is 184 cm³/mol. The first-order chi connectivity index (χ1) is 23.3. The number of carbonyl (C=O) groups excluding carboxylic acids is 2. The Morgan fingerprint density at radius 2 is 1.69 bits per heavy atom. The van der Waals surface area contributed by atoms with Crippen LogP contribution in [-0.2, 0) is 29.0 Å². The van der Waals surface area contributed by atoms with Crippen LogP contribution in [0.15, 0.2) is 35.9 Å². The van der Waals surface area contributed by atoms with E-state index in [1.807, 2.05) is 50.9 Å². The van der Waals surface area contributed by atoms with Crippen molar-refractivity contribution in [2.75, 3.05) is 77.5 Å². The lowest BCUT2D eigenvalue weighted by Crippen LogP contribution is -2.55. The molecular weight excluding hydrogens is 655 g/mol. The summed E-state index contributed by atoms with van der Waals surface area (Å²) in [5.41, 5.74) is 1.88. The van der Waals surface area contributed by atoms with E-state index in [0.29, 0.717) is 68.9 Å². The molecule has 1 N–H and O–H groups in total. The fourth-order valence-electron chi connectivity index (χ4n) is 6.63. The van der Waals surface area contributed by atoms with Crippen LogP contribution in [0.2, 0.25) is 0 Å². The van der Waals surface area contributed by atoms with Crippen molar-refractivity contribution in [1.82, 2.24) is 14.1 Å². The molecule has 4 aliphatic heterocycles. The summed E-state index contributed by atoms with van der Waals surface area (Å²) in [4.78, 5) is 31.9. The molecule has 272 valence electrons. The van der Waals surface area contributed by atoms with E-state index in [1.165, 1.54) is 16.4 Å². The molecule has 5 rings (SSSR count). The van der Waals surface area contributed by atoms with Crippen molar-refractivity contribution >= 4 is 33.8 Å². The fourth-order valence-corrected chi connectivity index (χ4v) is 8.26. The van der Waals surface area contributed by atoms with Crippen molar-refractivity contribution in [1.29, 1.82) is 0 Å². The summed E-state index contributed by atoms with van der Waals surface area (Å²) < 4.78 is 59.1.